The van der Waals surface area contributed by atoms with Crippen molar-refractivity contribution in [2.75, 3.05) is 19.1 Å². The number of hydrogen-bond donors (Lipinski definition) is 0. The Morgan fingerprint density at radius 3 is 2.39 bits per heavy atom. The van der Waals surface area contributed by atoms with Crippen LogP contribution >= 0.6 is 0 Å². The van der Waals surface area contributed by atoms with Gasteiger partial charge in [0.15, 0.2) is 0 Å². The van der Waals surface area contributed by atoms with Crippen LogP contribution in [0.15, 0.2) is 49.0 Å². The Bertz CT molecular complexity index is 717. The van der Waals surface area contributed by atoms with Gasteiger partial charge in [-0.25, -0.2) is 0 Å². The van der Waals surface area contributed by atoms with E-state index in [0.717, 1.165) is 5.56 Å². The summed E-state index contributed by atoms with van der Waals surface area (Å²) in [7, 11) is 3.85. The molecular formula is C21H25NO. The fourth-order valence-corrected chi connectivity index (χ4v) is 3.45. The van der Waals surface area contributed by atoms with Gasteiger partial charge in [0.2, 0.25) is 0 Å². The lowest BCUT2D eigenvalue weighted by atomic mass is 9.86. The molecule has 2 atom stereocenters. The fourth-order valence-electron chi connectivity index (χ4n) is 3.45. The van der Waals surface area contributed by atoms with Crippen LogP contribution in [0, 0.1) is 0 Å². The molecule has 23 heavy (non-hydrogen) atoms. The topological polar surface area (TPSA) is 12.5 Å². The molecule has 1 heterocycles. The van der Waals surface area contributed by atoms with Crippen molar-refractivity contribution >= 4 is 11.4 Å². The molecular weight excluding hydrogens is 282 g/mol. The third-order valence-electron chi connectivity index (χ3n) is 5.08. The molecule has 3 rings (SSSR count). The first-order valence-electron chi connectivity index (χ1n) is 8.21. The highest BCUT2D eigenvalue weighted by atomic mass is 16.5. The van der Waals surface area contributed by atoms with Gasteiger partial charge in [0.05, 0.1) is 7.11 Å². The Morgan fingerprint density at radius 2 is 1.74 bits per heavy atom. The molecule has 2 nitrogen and oxygen atoms in total. The van der Waals surface area contributed by atoms with Crippen molar-refractivity contribution in [1.29, 1.82) is 0 Å². The number of hydrogen-bond acceptors (Lipinski definition) is 2. The van der Waals surface area contributed by atoms with Gasteiger partial charge in [0.1, 0.15) is 5.76 Å². The van der Waals surface area contributed by atoms with Crippen LogP contribution in [-0.4, -0.2) is 20.2 Å². The van der Waals surface area contributed by atoms with E-state index >= 15 is 0 Å². The second kappa shape index (κ2) is 6.11. The first-order valence-corrected chi connectivity index (χ1v) is 8.21. The SMILES string of the molecule is C=C(OC)c1ccc(-c2ccc3c(c2)C(C)CC(C)N3C)cc1. The Hall–Kier alpha value is -2.22. The number of fused-ring (bicyclic) bond motifs is 1. The quantitative estimate of drug-likeness (QED) is 0.713. The molecule has 2 unspecified atom stereocenters. The summed E-state index contributed by atoms with van der Waals surface area (Å²) in [6.07, 6.45) is 1.21. The Labute approximate surface area is 139 Å². The number of methoxy groups -OCH3 is 1. The molecule has 0 aliphatic carbocycles. The van der Waals surface area contributed by atoms with Gasteiger partial charge >= 0.3 is 0 Å². The highest BCUT2D eigenvalue weighted by Crippen LogP contribution is 2.39. The summed E-state index contributed by atoms with van der Waals surface area (Å²) in [5.74, 6) is 1.30. The number of nitrogens with zero attached hydrogens (tertiary/aromatic N) is 1. The molecule has 1 aliphatic heterocycles. The lowest BCUT2D eigenvalue weighted by Crippen LogP contribution is -2.34. The van der Waals surface area contributed by atoms with Crippen LogP contribution in [-0.2, 0) is 4.74 Å². The summed E-state index contributed by atoms with van der Waals surface area (Å²) >= 11 is 0. The molecule has 0 radical (unpaired) electrons. The van der Waals surface area contributed by atoms with E-state index < -0.39 is 0 Å². The predicted octanol–water partition coefficient (Wildman–Crippen LogP) is 5.30. The van der Waals surface area contributed by atoms with Crippen LogP contribution in [0.3, 0.4) is 0 Å². The number of rotatable bonds is 3. The minimum absolute atomic E-state index is 0.600. The minimum atomic E-state index is 0.600. The van der Waals surface area contributed by atoms with Crippen molar-refractivity contribution in [2.24, 2.45) is 0 Å². The first-order chi connectivity index (χ1) is 11.0. The zero-order chi connectivity index (χ0) is 16.6. The van der Waals surface area contributed by atoms with Crippen molar-refractivity contribution in [3.05, 3.63) is 60.2 Å². The highest BCUT2D eigenvalue weighted by molar-refractivity contribution is 5.72. The smallest absolute Gasteiger partial charge is 0.118 e. The van der Waals surface area contributed by atoms with E-state index in [2.05, 4.69) is 74.8 Å². The monoisotopic (exact) mass is 307 g/mol. The summed E-state index contributed by atoms with van der Waals surface area (Å²) < 4.78 is 5.19. The summed E-state index contributed by atoms with van der Waals surface area (Å²) in [5.41, 5.74) is 6.34. The van der Waals surface area contributed by atoms with E-state index in [4.69, 9.17) is 4.74 Å². The molecule has 0 N–H and O–H groups in total. The summed E-state index contributed by atoms with van der Waals surface area (Å²) in [6, 6.07) is 15.8. The predicted molar refractivity (Wildman–Crippen MR) is 98.8 cm³/mol. The number of ether oxygens (including phenoxy) is 1. The fraction of sp³-hybridized carbons (Fsp3) is 0.333. The zero-order valence-corrected chi connectivity index (χ0v) is 14.5. The zero-order valence-electron chi connectivity index (χ0n) is 14.5. The summed E-state index contributed by atoms with van der Waals surface area (Å²) in [4.78, 5) is 2.39. The molecule has 2 heteroatoms. The molecule has 0 saturated heterocycles. The van der Waals surface area contributed by atoms with E-state index in [9.17, 15) is 0 Å². The third kappa shape index (κ3) is 2.86. The highest BCUT2D eigenvalue weighted by Gasteiger charge is 2.25. The van der Waals surface area contributed by atoms with E-state index in [1.165, 1.54) is 28.8 Å². The molecule has 2 aromatic rings. The Balaban J connectivity index is 1.96. The van der Waals surface area contributed by atoms with Crippen molar-refractivity contribution in [3.63, 3.8) is 0 Å². The van der Waals surface area contributed by atoms with Crippen molar-refractivity contribution in [3.8, 4) is 11.1 Å². The van der Waals surface area contributed by atoms with Gasteiger partial charge in [-0.3, -0.25) is 0 Å². The van der Waals surface area contributed by atoms with Crippen LogP contribution in [0.4, 0.5) is 5.69 Å². The standard InChI is InChI=1S/C21H25NO/c1-14-12-15(2)22(4)21-11-10-19(13-20(14)21)18-8-6-17(7-9-18)16(3)23-5/h6-11,13-15H,3,12H2,1-2,4-5H3. The lowest BCUT2D eigenvalue weighted by molar-refractivity contribution is 0.371. The van der Waals surface area contributed by atoms with Crippen molar-refractivity contribution in [2.45, 2.75) is 32.2 Å². The molecule has 1 aliphatic rings. The van der Waals surface area contributed by atoms with Gasteiger partial charge in [-0.15, -0.1) is 0 Å². The average Bonchev–Trinajstić information content (AvgIpc) is 2.59. The average molecular weight is 307 g/mol. The maximum Gasteiger partial charge on any atom is 0.118 e. The molecule has 0 spiro atoms. The summed E-state index contributed by atoms with van der Waals surface area (Å²) in [6.45, 7) is 8.53. The van der Waals surface area contributed by atoms with Crippen LogP contribution in [0.2, 0.25) is 0 Å². The van der Waals surface area contributed by atoms with E-state index in [1.807, 2.05) is 0 Å². The van der Waals surface area contributed by atoms with Gasteiger partial charge in [0, 0.05) is 24.3 Å². The van der Waals surface area contributed by atoms with Crippen molar-refractivity contribution in [1.82, 2.24) is 0 Å². The Morgan fingerprint density at radius 1 is 1.09 bits per heavy atom. The normalized spacial score (nSPS) is 20.1. The van der Waals surface area contributed by atoms with Gasteiger partial charge in [0.25, 0.3) is 0 Å². The minimum Gasteiger partial charge on any atom is -0.497 e. The number of anilines is 1. The van der Waals surface area contributed by atoms with Crippen LogP contribution in [0.5, 0.6) is 0 Å². The van der Waals surface area contributed by atoms with Gasteiger partial charge < -0.3 is 9.64 Å². The van der Waals surface area contributed by atoms with E-state index in [-0.39, 0.29) is 0 Å². The molecule has 0 fully saturated rings. The second-order valence-corrected chi connectivity index (χ2v) is 6.57. The number of benzene rings is 2. The molecule has 120 valence electrons. The largest absolute Gasteiger partial charge is 0.497 e. The Kier molecular flexibility index (Phi) is 4.16. The summed E-state index contributed by atoms with van der Waals surface area (Å²) in [5, 5.41) is 0. The van der Waals surface area contributed by atoms with E-state index in [1.54, 1.807) is 7.11 Å². The van der Waals surface area contributed by atoms with Crippen molar-refractivity contribution < 1.29 is 4.74 Å². The van der Waals surface area contributed by atoms with Gasteiger partial charge in [-0.2, -0.15) is 0 Å². The molecule has 0 bridgehead atoms. The molecule has 0 aromatic heterocycles. The van der Waals surface area contributed by atoms with Crippen LogP contribution in [0.1, 0.15) is 37.3 Å². The maximum atomic E-state index is 5.19. The van der Waals surface area contributed by atoms with E-state index in [0.29, 0.717) is 17.7 Å². The molecule has 0 amide bonds. The lowest BCUT2D eigenvalue weighted by Gasteiger charge is -2.37. The third-order valence-corrected chi connectivity index (χ3v) is 5.08. The van der Waals surface area contributed by atoms with Crippen LogP contribution in [0.25, 0.3) is 16.9 Å². The molecule has 0 saturated carbocycles. The molecule has 2 aromatic carbocycles. The first kappa shape index (κ1) is 15.7. The van der Waals surface area contributed by atoms with Gasteiger partial charge in [-0.05, 0) is 48.1 Å². The maximum absolute atomic E-state index is 5.19. The van der Waals surface area contributed by atoms with Gasteiger partial charge in [-0.1, -0.05) is 43.8 Å². The second-order valence-electron chi connectivity index (χ2n) is 6.57. The van der Waals surface area contributed by atoms with Crippen LogP contribution < -0.4 is 4.90 Å².